The van der Waals surface area contributed by atoms with Gasteiger partial charge in [0, 0.05) is 30.7 Å². The summed E-state index contributed by atoms with van der Waals surface area (Å²) in [5.74, 6) is 0. The summed E-state index contributed by atoms with van der Waals surface area (Å²) in [4.78, 5) is 9.49. The summed E-state index contributed by atoms with van der Waals surface area (Å²) >= 11 is 3.57. The van der Waals surface area contributed by atoms with Crippen LogP contribution < -0.4 is 9.80 Å². The predicted molar refractivity (Wildman–Crippen MR) is 209 cm³/mol. The number of hydrogen-bond donors (Lipinski definition) is 0. The molecule has 240 valence electrons. The van der Waals surface area contributed by atoms with Crippen LogP contribution >= 0.6 is 23.5 Å². The molecule has 0 radical (unpaired) electrons. The van der Waals surface area contributed by atoms with Crippen molar-refractivity contribution in [3.05, 3.63) is 168 Å². The maximum absolute atomic E-state index is 10.0. The zero-order valence-electron chi connectivity index (χ0n) is 27.5. The molecule has 2 aliphatic rings. The molecule has 6 heteroatoms. The highest BCUT2D eigenvalue weighted by Crippen LogP contribution is 2.59. The maximum Gasteiger partial charge on any atom is 0.0991 e. The zero-order valence-corrected chi connectivity index (χ0v) is 29.2. The smallest absolute Gasteiger partial charge is 0.0991 e. The van der Waals surface area contributed by atoms with Crippen molar-refractivity contribution in [1.29, 1.82) is 10.5 Å². The van der Waals surface area contributed by atoms with Crippen molar-refractivity contribution < 1.29 is 0 Å². The second-order valence-electron chi connectivity index (χ2n) is 12.4. The first-order valence-corrected chi connectivity index (χ1v) is 18.3. The van der Waals surface area contributed by atoms with Gasteiger partial charge in [0.25, 0.3) is 0 Å². The summed E-state index contributed by atoms with van der Waals surface area (Å²) in [5.41, 5.74) is 12.6. The average Bonchev–Trinajstić information content (AvgIpc) is 3.19. The van der Waals surface area contributed by atoms with E-state index in [4.69, 9.17) is 0 Å². The van der Waals surface area contributed by atoms with Gasteiger partial charge in [0.15, 0.2) is 0 Å². The van der Waals surface area contributed by atoms with Crippen molar-refractivity contribution >= 4 is 57.6 Å². The van der Waals surface area contributed by atoms with Crippen LogP contribution in [0.2, 0.25) is 0 Å². The Morgan fingerprint density at radius 3 is 1.14 bits per heavy atom. The molecule has 0 fully saturated rings. The van der Waals surface area contributed by atoms with Crippen LogP contribution in [-0.2, 0) is 0 Å². The molecule has 7 aromatic carbocycles. The number of benzene rings is 7. The number of para-hydroxylation sites is 4. The van der Waals surface area contributed by atoms with Gasteiger partial charge in [-0.25, -0.2) is 0 Å². The summed E-state index contributed by atoms with van der Waals surface area (Å²) in [6.45, 7) is 2.22. The minimum absolute atomic E-state index is 0.596. The molecule has 0 atom stereocenters. The van der Waals surface area contributed by atoms with Gasteiger partial charge in [0.05, 0.1) is 57.4 Å². The molecule has 0 amide bonds. The predicted octanol–water partition coefficient (Wildman–Crippen LogP) is 12.9. The van der Waals surface area contributed by atoms with Crippen LogP contribution in [0.1, 0.15) is 16.7 Å². The Bertz CT molecular complexity index is 2350. The fraction of sp³-hybridized carbons (Fsp3) is 0.0222. The molecule has 2 heterocycles. The first kappa shape index (κ1) is 30.8. The molecule has 51 heavy (non-hydrogen) atoms. The van der Waals surface area contributed by atoms with Crippen LogP contribution in [0.3, 0.4) is 0 Å². The number of nitrogens with zero attached hydrogens (tertiary/aromatic N) is 4. The normalized spacial score (nSPS) is 12.5. The second-order valence-corrected chi connectivity index (χ2v) is 14.6. The van der Waals surface area contributed by atoms with Crippen LogP contribution in [0.4, 0.5) is 34.1 Å². The van der Waals surface area contributed by atoms with E-state index in [-0.39, 0.29) is 0 Å². The lowest BCUT2D eigenvalue weighted by Crippen LogP contribution is -2.21. The first-order valence-electron chi connectivity index (χ1n) is 16.6. The Morgan fingerprint density at radius 1 is 0.431 bits per heavy atom. The van der Waals surface area contributed by atoms with Gasteiger partial charge >= 0.3 is 0 Å². The largest absolute Gasteiger partial charge is 0.307 e. The van der Waals surface area contributed by atoms with E-state index in [0.29, 0.717) is 11.1 Å². The fourth-order valence-electron chi connectivity index (χ4n) is 7.22. The second kappa shape index (κ2) is 12.6. The van der Waals surface area contributed by atoms with E-state index in [9.17, 15) is 10.5 Å². The van der Waals surface area contributed by atoms with Gasteiger partial charge in [-0.15, -0.1) is 0 Å². The fourth-order valence-corrected chi connectivity index (χ4v) is 9.33. The minimum Gasteiger partial charge on any atom is -0.307 e. The lowest BCUT2D eigenvalue weighted by atomic mass is 9.89. The number of rotatable bonds is 4. The van der Waals surface area contributed by atoms with Crippen molar-refractivity contribution in [3.8, 4) is 34.4 Å². The summed E-state index contributed by atoms with van der Waals surface area (Å²) in [7, 11) is 0. The van der Waals surface area contributed by atoms with Gasteiger partial charge in [-0.3, -0.25) is 0 Å². The van der Waals surface area contributed by atoms with Crippen molar-refractivity contribution in [2.75, 3.05) is 9.80 Å². The Labute approximate surface area is 305 Å². The van der Waals surface area contributed by atoms with E-state index in [2.05, 4.69) is 144 Å². The number of anilines is 6. The molecule has 4 nitrogen and oxygen atoms in total. The van der Waals surface area contributed by atoms with Gasteiger partial charge in [0.1, 0.15) is 0 Å². The monoisotopic (exact) mass is 688 g/mol. The topological polar surface area (TPSA) is 54.1 Å². The molecule has 9 rings (SSSR count). The van der Waals surface area contributed by atoms with E-state index in [1.165, 1.54) is 19.6 Å². The van der Waals surface area contributed by atoms with E-state index < -0.39 is 0 Å². The van der Waals surface area contributed by atoms with E-state index >= 15 is 0 Å². The molecule has 0 aromatic heterocycles. The van der Waals surface area contributed by atoms with Gasteiger partial charge in [-0.1, -0.05) is 96.3 Å². The van der Waals surface area contributed by atoms with Crippen LogP contribution in [-0.4, -0.2) is 0 Å². The standard InChI is InChI=1S/C45H28N4S2/c1-29-44(48-36-16-2-6-20-40(36)50-41-21-7-3-17-37(41)48)34(32-14-10-12-30(24-32)27-46)26-35(33-15-11-13-31(25-33)28-47)45(29)49-38-18-4-8-22-42(38)51-43-23-9-5-19-39(43)49/h2-26H,1H3. The summed E-state index contributed by atoms with van der Waals surface area (Å²) < 4.78 is 0. The third-order valence-electron chi connectivity index (χ3n) is 9.43. The minimum atomic E-state index is 0.596. The van der Waals surface area contributed by atoms with Gasteiger partial charge in [-0.05, 0) is 102 Å². The molecular weight excluding hydrogens is 661 g/mol. The molecule has 0 saturated carbocycles. The zero-order chi connectivity index (χ0) is 34.5. The first-order chi connectivity index (χ1) is 25.1. The molecule has 0 aliphatic carbocycles. The Hall–Kier alpha value is -6.18. The maximum atomic E-state index is 10.0. The van der Waals surface area contributed by atoms with Crippen LogP contribution in [0.25, 0.3) is 22.3 Å². The number of nitriles is 2. The Kier molecular flexibility index (Phi) is 7.63. The van der Waals surface area contributed by atoms with Crippen LogP contribution in [0.15, 0.2) is 171 Å². The SMILES string of the molecule is Cc1c(N2c3ccccc3Sc3ccccc32)c(-c2cccc(C#N)c2)cc(-c2cccc(C#N)c2)c1N1c2ccccc2Sc2ccccc21. The third kappa shape index (κ3) is 5.16. The Balaban J connectivity index is 1.46. The highest BCUT2D eigenvalue weighted by atomic mass is 32.2. The quantitative estimate of drug-likeness (QED) is 0.183. The van der Waals surface area contributed by atoms with Crippen LogP contribution in [0.5, 0.6) is 0 Å². The average molecular weight is 689 g/mol. The van der Waals surface area contributed by atoms with Crippen molar-refractivity contribution in [3.63, 3.8) is 0 Å². The van der Waals surface area contributed by atoms with Crippen molar-refractivity contribution in [2.45, 2.75) is 26.5 Å². The van der Waals surface area contributed by atoms with Gasteiger partial charge in [-0.2, -0.15) is 10.5 Å². The number of hydrogen-bond acceptors (Lipinski definition) is 6. The molecule has 7 aromatic rings. The van der Waals surface area contributed by atoms with Gasteiger partial charge in [0.2, 0.25) is 0 Å². The van der Waals surface area contributed by atoms with E-state index in [0.717, 1.165) is 61.9 Å². The van der Waals surface area contributed by atoms with Crippen molar-refractivity contribution in [1.82, 2.24) is 0 Å². The molecular formula is C45H28N4S2. The van der Waals surface area contributed by atoms with Crippen LogP contribution in [0, 0.1) is 29.6 Å². The molecule has 2 aliphatic heterocycles. The molecule has 0 spiro atoms. The number of fused-ring (bicyclic) bond motifs is 4. The van der Waals surface area contributed by atoms with E-state index in [1.807, 2.05) is 36.4 Å². The molecule has 0 bridgehead atoms. The highest BCUT2D eigenvalue weighted by Gasteiger charge is 2.34. The third-order valence-corrected chi connectivity index (χ3v) is 11.7. The lowest BCUT2D eigenvalue weighted by molar-refractivity contribution is 1.13. The lowest BCUT2D eigenvalue weighted by Gasteiger charge is -2.39. The summed E-state index contributed by atoms with van der Waals surface area (Å²) in [5, 5.41) is 20.1. The molecule has 0 saturated heterocycles. The summed E-state index contributed by atoms with van der Waals surface area (Å²) in [6.07, 6.45) is 0. The molecule has 0 unspecified atom stereocenters. The molecule has 0 N–H and O–H groups in total. The highest BCUT2D eigenvalue weighted by molar-refractivity contribution is 8.00. The van der Waals surface area contributed by atoms with Crippen molar-refractivity contribution in [2.24, 2.45) is 0 Å². The van der Waals surface area contributed by atoms with Gasteiger partial charge < -0.3 is 9.80 Å². The van der Waals surface area contributed by atoms with E-state index in [1.54, 1.807) is 23.5 Å². The Morgan fingerprint density at radius 2 is 0.784 bits per heavy atom. The summed E-state index contributed by atoms with van der Waals surface area (Å²) in [6, 6.07) is 57.0.